The van der Waals surface area contributed by atoms with Gasteiger partial charge in [-0.3, -0.25) is 0 Å². The van der Waals surface area contributed by atoms with Crippen LogP contribution >= 0.6 is 63.7 Å². The summed E-state index contributed by atoms with van der Waals surface area (Å²) in [7, 11) is 0. The van der Waals surface area contributed by atoms with Gasteiger partial charge in [0.25, 0.3) is 0 Å². The van der Waals surface area contributed by atoms with Gasteiger partial charge in [-0.15, -0.1) is 10.2 Å². The first-order valence-corrected chi connectivity index (χ1v) is 14.7. The van der Waals surface area contributed by atoms with Crippen LogP contribution in [0.2, 0.25) is 0 Å². The predicted molar refractivity (Wildman–Crippen MR) is 157 cm³/mol. The SMILES string of the molecule is Brc1cccc(Br)c1-n1nnc2/c1=c1/cccc/c1=c1\nnn(-c3c(Br)cccc3Br)\c1=c1/cccc/c1=2. The van der Waals surface area contributed by atoms with Gasteiger partial charge in [-0.1, -0.05) is 71.1 Å². The largest absolute Gasteiger partial charge is 0.210 e. The zero-order chi connectivity index (χ0) is 26.0. The Hall–Kier alpha value is -2.92. The van der Waals surface area contributed by atoms with Crippen molar-refractivity contribution in [1.29, 1.82) is 0 Å². The van der Waals surface area contributed by atoms with E-state index in [9.17, 15) is 0 Å². The zero-order valence-electron chi connectivity index (χ0n) is 19.3. The van der Waals surface area contributed by atoms with Gasteiger partial charge in [0.05, 0.1) is 11.4 Å². The molecule has 4 aromatic carbocycles. The van der Waals surface area contributed by atoms with Gasteiger partial charge in [-0.05, 0) is 88.0 Å². The van der Waals surface area contributed by atoms with Gasteiger partial charge in [0.15, 0.2) is 0 Å². The monoisotopic (exact) mass is 750 g/mol. The third kappa shape index (κ3) is 3.61. The molecule has 10 heteroatoms. The number of rotatable bonds is 2. The summed E-state index contributed by atoms with van der Waals surface area (Å²) in [5, 5.41) is 26.0. The summed E-state index contributed by atoms with van der Waals surface area (Å²) in [5.74, 6) is 0. The first-order chi connectivity index (χ1) is 18.5. The Morgan fingerprint density at radius 2 is 0.763 bits per heavy atom. The van der Waals surface area contributed by atoms with Crippen LogP contribution in [0.4, 0.5) is 0 Å². The molecule has 0 N–H and O–H groups in total. The summed E-state index contributed by atoms with van der Waals surface area (Å²) in [6.45, 7) is 0. The molecule has 0 radical (unpaired) electrons. The van der Waals surface area contributed by atoms with Crippen LogP contribution in [0.3, 0.4) is 0 Å². The molecule has 1 aliphatic carbocycles. The first kappa shape index (κ1) is 24.1. The van der Waals surface area contributed by atoms with E-state index in [0.717, 1.165) is 71.5 Å². The summed E-state index contributed by atoms with van der Waals surface area (Å²) in [6, 6.07) is 28.4. The van der Waals surface area contributed by atoms with Crippen molar-refractivity contribution in [3.05, 3.63) is 145 Å². The number of para-hydroxylation sites is 2. The van der Waals surface area contributed by atoms with Gasteiger partial charge in [0.2, 0.25) is 0 Å². The van der Waals surface area contributed by atoms with Crippen molar-refractivity contribution in [3.8, 4) is 11.4 Å². The standard InChI is InChI=1S/C28H14Br4N6/c29-19-11-5-12-20(30)27(19)37-25-17-9-3-1-7-15(17)23-26(18-10-4-2-8-16(18)24(25)34-36-37)38(35-33-23)28-21(31)13-6-14-22(28)32/h1-14H/b23-15+,24-16+,25-17+,26-18+. The van der Waals surface area contributed by atoms with Gasteiger partial charge in [0, 0.05) is 38.8 Å². The van der Waals surface area contributed by atoms with E-state index in [-0.39, 0.29) is 0 Å². The number of nitrogens with zero attached hydrogens (tertiary/aromatic N) is 6. The Morgan fingerprint density at radius 3 is 1.13 bits per heavy atom. The molecule has 2 aromatic heterocycles. The Bertz CT molecular complexity index is 2110. The topological polar surface area (TPSA) is 61.4 Å². The molecule has 0 fully saturated rings. The molecule has 0 saturated heterocycles. The van der Waals surface area contributed by atoms with E-state index < -0.39 is 0 Å². The first-order valence-electron chi connectivity index (χ1n) is 11.5. The maximum absolute atomic E-state index is 4.75. The second-order valence-corrected chi connectivity index (χ2v) is 12.0. The third-order valence-electron chi connectivity index (χ3n) is 6.51. The molecule has 0 aliphatic heterocycles. The van der Waals surface area contributed by atoms with Crippen LogP contribution in [0.25, 0.3) is 11.4 Å². The predicted octanol–water partition coefficient (Wildman–Crippen LogP) is 7.36. The molecule has 6 aromatic rings. The van der Waals surface area contributed by atoms with E-state index >= 15 is 0 Å². The highest BCUT2D eigenvalue weighted by atomic mass is 79.9. The Kier molecular flexibility index (Phi) is 5.95. The average Bonchev–Trinajstić information content (AvgIpc) is 3.52. The molecule has 0 unspecified atom stereocenters. The van der Waals surface area contributed by atoms with Gasteiger partial charge in [-0.25, -0.2) is 9.36 Å². The summed E-state index contributed by atoms with van der Waals surface area (Å²) in [4.78, 5) is 0. The molecule has 0 saturated carbocycles. The number of hydrogen-bond donors (Lipinski definition) is 0. The summed E-state index contributed by atoms with van der Waals surface area (Å²) in [5.41, 5.74) is 1.74. The minimum absolute atomic E-state index is 0.778. The van der Waals surface area contributed by atoms with E-state index in [1.54, 1.807) is 0 Å². The summed E-state index contributed by atoms with van der Waals surface area (Å²) >= 11 is 14.9. The lowest BCUT2D eigenvalue weighted by Gasteiger charge is -2.08. The molecule has 1 aliphatic rings. The lowest BCUT2D eigenvalue weighted by Crippen LogP contribution is -2.02. The molecule has 6 nitrogen and oxygen atoms in total. The van der Waals surface area contributed by atoms with Gasteiger partial charge < -0.3 is 0 Å². The van der Waals surface area contributed by atoms with Gasteiger partial charge in [-0.2, -0.15) is 0 Å². The van der Waals surface area contributed by atoms with Crippen molar-refractivity contribution in [2.24, 2.45) is 0 Å². The summed E-state index contributed by atoms with van der Waals surface area (Å²) < 4.78 is 7.38. The van der Waals surface area contributed by atoms with E-state index in [0.29, 0.717) is 0 Å². The molecule has 7 rings (SSSR count). The fraction of sp³-hybridized carbons (Fsp3) is 0. The van der Waals surface area contributed by atoms with E-state index in [1.165, 1.54) is 0 Å². The quantitative estimate of drug-likeness (QED) is 0.185. The van der Waals surface area contributed by atoms with Crippen molar-refractivity contribution in [2.75, 3.05) is 0 Å². The molecule has 2 heterocycles. The van der Waals surface area contributed by atoms with Crippen LogP contribution in [0.5, 0.6) is 0 Å². The Labute approximate surface area is 248 Å². The van der Waals surface area contributed by atoms with Crippen LogP contribution < -0.4 is 0 Å². The van der Waals surface area contributed by atoms with Crippen molar-refractivity contribution in [1.82, 2.24) is 30.0 Å². The minimum atomic E-state index is 0.778. The normalized spacial score (nSPS) is 15.5. The molecule has 0 atom stereocenters. The van der Waals surface area contributed by atoms with Crippen LogP contribution in [0, 0.1) is 42.3 Å². The second-order valence-electron chi connectivity index (χ2n) is 8.63. The number of hydrogen-bond acceptors (Lipinski definition) is 4. The smallest absolute Gasteiger partial charge is 0.122 e. The van der Waals surface area contributed by atoms with Gasteiger partial charge in [0.1, 0.15) is 21.4 Å². The second kappa shape index (κ2) is 9.37. The third-order valence-corrected chi connectivity index (χ3v) is 9.07. The lowest BCUT2D eigenvalue weighted by atomic mass is 10.1. The zero-order valence-corrected chi connectivity index (χ0v) is 25.6. The molecule has 184 valence electrons. The van der Waals surface area contributed by atoms with Crippen LogP contribution in [0.1, 0.15) is 0 Å². The molecular formula is C28H14Br4N6. The van der Waals surface area contributed by atoms with Crippen molar-refractivity contribution >= 4 is 63.7 Å². The number of fused-ring (bicyclic) bond motifs is 4. The van der Waals surface area contributed by atoms with E-state index in [1.807, 2.05) is 70.0 Å². The average molecular weight is 754 g/mol. The molecule has 0 spiro atoms. The van der Waals surface area contributed by atoms with Crippen LogP contribution in [-0.2, 0) is 0 Å². The van der Waals surface area contributed by atoms with Crippen LogP contribution in [-0.4, -0.2) is 30.0 Å². The van der Waals surface area contributed by atoms with Crippen LogP contribution in [0.15, 0.2) is 103 Å². The van der Waals surface area contributed by atoms with E-state index in [4.69, 9.17) is 10.2 Å². The Balaban J connectivity index is 1.87. The highest BCUT2D eigenvalue weighted by Gasteiger charge is 2.16. The Morgan fingerprint density at radius 1 is 0.421 bits per heavy atom. The van der Waals surface area contributed by atoms with E-state index in [2.05, 4.69) is 98.4 Å². The molecular weight excluding hydrogens is 740 g/mol. The molecule has 38 heavy (non-hydrogen) atoms. The maximum atomic E-state index is 4.75. The highest BCUT2D eigenvalue weighted by molar-refractivity contribution is 9.11. The van der Waals surface area contributed by atoms with Crippen molar-refractivity contribution in [3.63, 3.8) is 0 Å². The highest BCUT2D eigenvalue weighted by Crippen LogP contribution is 2.30. The lowest BCUT2D eigenvalue weighted by molar-refractivity contribution is 0.779. The molecule has 0 bridgehead atoms. The summed E-state index contributed by atoms with van der Waals surface area (Å²) in [6.07, 6.45) is 0. The maximum Gasteiger partial charge on any atom is 0.122 e. The minimum Gasteiger partial charge on any atom is -0.210 e. The van der Waals surface area contributed by atoms with Crippen molar-refractivity contribution < 1.29 is 0 Å². The number of benzene rings is 4. The molecule has 0 amide bonds. The fourth-order valence-corrected chi connectivity index (χ4v) is 7.57. The van der Waals surface area contributed by atoms with Gasteiger partial charge >= 0.3 is 0 Å². The number of halogens is 4. The fourth-order valence-electron chi connectivity index (χ4n) is 4.90. The van der Waals surface area contributed by atoms with Crippen molar-refractivity contribution in [2.45, 2.75) is 0 Å². The number of aromatic nitrogens is 6.